The zero-order valence-electron chi connectivity index (χ0n) is 10.2. The van der Waals surface area contributed by atoms with Gasteiger partial charge in [0, 0.05) is 11.9 Å². The molecule has 1 aromatic heterocycles. The summed E-state index contributed by atoms with van der Waals surface area (Å²) in [6, 6.07) is 3.14. The standard InChI is InChI=1S/C13H13FN2OS/c1-7-3-8(2)12(9(14)4-7)13(17)10-6-18-11(5-15)16-10/h3-4,6H,5,15H2,1-2H3. The molecular formula is C13H13FN2OS. The summed E-state index contributed by atoms with van der Waals surface area (Å²) >= 11 is 1.31. The molecule has 0 bridgehead atoms. The molecule has 2 N–H and O–H groups in total. The minimum absolute atomic E-state index is 0.0921. The van der Waals surface area contributed by atoms with E-state index >= 15 is 0 Å². The first kappa shape index (κ1) is 12.9. The Morgan fingerprint density at radius 1 is 1.44 bits per heavy atom. The molecular weight excluding hydrogens is 251 g/mol. The third-order valence-electron chi connectivity index (χ3n) is 2.62. The topological polar surface area (TPSA) is 56.0 Å². The predicted octanol–water partition coefficient (Wildman–Crippen LogP) is 2.59. The molecule has 2 rings (SSSR count). The van der Waals surface area contributed by atoms with Gasteiger partial charge >= 0.3 is 0 Å². The molecule has 3 nitrogen and oxygen atoms in total. The number of ketones is 1. The number of rotatable bonds is 3. The van der Waals surface area contributed by atoms with Gasteiger partial charge in [0.1, 0.15) is 16.5 Å². The first-order valence-corrected chi connectivity index (χ1v) is 6.36. The van der Waals surface area contributed by atoms with Gasteiger partial charge in [-0.25, -0.2) is 9.37 Å². The van der Waals surface area contributed by atoms with Gasteiger partial charge in [-0.2, -0.15) is 0 Å². The summed E-state index contributed by atoms with van der Waals surface area (Å²) in [5.41, 5.74) is 7.21. The van der Waals surface area contributed by atoms with E-state index in [0.29, 0.717) is 10.6 Å². The molecule has 0 unspecified atom stereocenters. The van der Waals surface area contributed by atoms with Crippen LogP contribution in [0.15, 0.2) is 17.5 Å². The number of benzene rings is 1. The van der Waals surface area contributed by atoms with Crippen LogP contribution in [0.3, 0.4) is 0 Å². The van der Waals surface area contributed by atoms with Crippen molar-refractivity contribution >= 4 is 17.1 Å². The van der Waals surface area contributed by atoms with Crippen LogP contribution in [0, 0.1) is 19.7 Å². The van der Waals surface area contributed by atoms with Crippen molar-refractivity contribution in [2.24, 2.45) is 5.73 Å². The number of hydrogen-bond donors (Lipinski definition) is 1. The van der Waals surface area contributed by atoms with E-state index in [2.05, 4.69) is 4.98 Å². The number of carbonyl (C=O) groups is 1. The summed E-state index contributed by atoms with van der Waals surface area (Å²) in [7, 11) is 0. The highest BCUT2D eigenvalue weighted by atomic mass is 32.1. The van der Waals surface area contributed by atoms with Gasteiger partial charge in [0.15, 0.2) is 0 Å². The summed E-state index contributed by atoms with van der Waals surface area (Å²) in [5.74, 6) is -0.888. The smallest absolute Gasteiger partial charge is 0.215 e. The predicted molar refractivity (Wildman–Crippen MR) is 69.3 cm³/mol. The summed E-state index contributed by atoms with van der Waals surface area (Å²) in [6.45, 7) is 3.80. The number of halogens is 1. The second-order valence-corrected chi connectivity index (χ2v) is 5.04. The second-order valence-electron chi connectivity index (χ2n) is 4.10. The number of nitrogens with two attached hydrogens (primary N) is 1. The van der Waals surface area contributed by atoms with Gasteiger partial charge in [-0.15, -0.1) is 11.3 Å². The van der Waals surface area contributed by atoms with Crippen molar-refractivity contribution in [3.05, 3.63) is 50.7 Å². The lowest BCUT2D eigenvalue weighted by molar-refractivity contribution is 0.103. The molecule has 0 spiro atoms. The zero-order valence-corrected chi connectivity index (χ0v) is 11.0. The number of aromatic nitrogens is 1. The van der Waals surface area contributed by atoms with Crippen LogP contribution in [-0.4, -0.2) is 10.8 Å². The molecule has 0 saturated carbocycles. The van der Waals surface area contributed by atoms with Gasteiger partial charge in [-0.05, 0) is 31.0 Å². The Labute approximate surface area is 108 Å². The molecule has 0 aliphatic carbocycles. The fourth-order valence-corrected chi connectivity index (χ4v) is 2.49. The number of thiazole rings is 1. The molecule has 0 fully saturated rings. The highest BCUT2D eigenvalue weighted by molar-refractivity contribution is 7.09. The molecule has 1 aromatic carbocycles. The molecule has 0 aliphatic heterocycles. The third kappa shape index (κ3) is 2.32. The average Bonchev–Trinajstić information content (AvgIpc) is 2.75. The molecule has 0 aliphatic rings. The molecule has 1 heterocycles. The lowest BCUT2D eigenvalue weighted by atomic mass is 10.00. The molecule has 18 heavy (non-hydrogen) atoms. The SMILES string of the molecule is Cc1cc(C)c(C(=O)c2csc(CN)n2)c(F)c1. The van der Waals surface area contributed by atoms with Gasteiger partial charge in [0.25, 0.3) is 0 Å². The van der Waals surface area contributed by atoms with Crippen molar-refractivity contribution < 1.29 is 9.18 Å². The molecule has 5 heteroatoms. The molecule has 0 atom stereocenters. The fourth-order valence-electron chi connectivity index (χ4n) is 1.84. The van der Waals surface area contributed by atoms with Crippen LogP contribution in [0.25, 0.3) is 0 Å². The summed E-state index contributed by atoms with van der Waals surface area (Å²) < 4.78 is 13.9. The van der Waals surface area contributed by atoms with E-state index in [0.717, 1.165) is 5.56 Å². The Hall–Kier alpha value is -1.59. The van der Waals surface area contributed by atoms with Gasteiger partial charge in [-0.3, -0.25) is 4.79 Å². The zero-order chi connectivity index (χ0) is 13.3. The Balaban J connectivity index is 2.46. The fraction of sp³-hybridized carbons (Fsp3) is 0.231. The first-order valence-electron chi connectivity index (χ1n) is 5.49. The van der Waals surface area contributed by atoms with Crippen molar-refractivity contribution in [1.82, 2.24) is 4.98 Å². The minimum atomic E-state index is -0.500. The minimum Gasteiger partial charge on any atom is -0.325 e. The van der Waals surface area contributed by atoms with Crippen molar-refractivity contribution in [3.8, 4) is 0 Å². The Morgan fingerprint density at radius 2 is 2.17 bits per heavy atom. The maximum Gasteiger partial charge on any atom is 0.215 e. The molecule has 94 valence electrons. The molecule has 0 amide bonds. The lowest BCUT2D eigenvalue weighted by Crippen LogP contribution is -2.08. The van der Waals surface area contributed by atoms with Crippen LogP contribution >= 0.6 is 11.3 Å². The van der Waals surface area contributed by atoms with Crippen molar-refractivity contribution in [2.45, 2.75) is 20.4 Å². The van der Waals surface area contributed by atoms with Crippen LogP contribution in [-0.2, 0) is 6.54 Å². The maximum atomic E-state index is 13.9. The number of nitrogens with zero attached hydrogens (tertiary/aromatic N) is 1. The Kier molecular flexibility index (Phi) is 3.54. The first-order chi connectivity index (χ1) is 8.52. The largest absolute Gasteiger partial charge is 0.325 e. The van der Waals surface area contributed by atoms with E-state index in [1.165, 1.54) is 17.4 Å². The summed E-state index contributed by atoms with van der Waals surface area (Å²) in [6.07, 6.45) is 0. The van der Waals surface area contributed by atoms with Crippen molar-refractivity contribution in [1.29, 1.82) is 0 Å². The number of hydrogen-bond acceptors (Lipinski definition) is 4. The third-order valence-corrected chi connectivity index (χ3v) is 3.49. The monoisotopic (exact) mass is 264 g/mol. The van der Waals surface area contributed by atoms with Crippen LogP contribution in [0.5, 0.6) is 0 Å². The summed E-state index contributed by atoms with van der Waals surface area (Å²) in [5, 5.41) is 2.28. The van der Waals surface area contributed by atoms with E-state index in [-0.39, 0.29) is 23.6 Å². The second kappa shape index (κ2) is 4.96. The molecule has 0 saturated heterocycles. The van der Waals surface area contributed by atoms with Crippen molar-refractivity contribution in [3.63, 3.8) is 0 Å². The maximum absolute atomic E-state index is 13.9. The van der Waals surface area contributed by atoms with Crippen LogP contribution in [0.2, 0.25) is 0 Å². The molecule has 0 radical (unpaired) electrons. The van der Waals surface area contributed by atoms with Crippen molar-refractivity contribution in [2.75, 3.05) is 0 Å². The van der Waals surface area contributed by atoms with Gasteiger partial charge in [-0.1, -0.05) is 6.07 Å². The highest BCUT2D eigenvalue weighted by Gasteiger charge is 2.19. The molecule has 2 aromatic rings. The Morgan fingerprint density at radius 3 is 2.72 bits per heavy atom. The van der Waals surface area contributed by atoms with Gasteiger partial charge in [0.05, 0.1) is 5.56 Å². The highest BCUT2D eigenvalue weighted by Crippen LogP contribution is 2.20. The van der Waals surface area contributed by atoms with E-state index in [1.54, 1.807) is 25.3 Å². The van der Waals surface area contributed by atoms with Gasteiger partial charge in [0.2, 0.25) is 5.78 Å². The quantitative estimate of drug-likeness (QED) is 0.867. The van der Waals surface area contributed by atoms with E-state index < -0.39 is 5.82 Å². The normalized spacial score (nSPS) is 10.7. The van der Waals surface area contributed by atoms with Crippen LogP contribution in [0.4, 0.5) is 4.39 Å². The van der Waals surface area contributed by atoms with Crippen LogP contribution < -0.4 is 5.73 Å². The van der Waals surface area contributed by atoms with E-state index in [9.17, 15) is 9.18 Å². The van der Waals surface area contributed by atoms with E-state index in [1.807, 2.05) is 0 Å². The van der Waals surface area contributed by atoms with E-state index in [4.69, 9.17) is 5.73 Å². The number of aryl methyl sites for hydroxylation is 2. The summed E-state index contributed by atoms with van der Waals surface area (Å²) in [4.78, 5) is 16.3. The van der Waals surface area contributed by atoms with Crippen LogP contribution in [0.1, 0.15) is 32.2 Å². The Bertz CT molecular complexity index is 584. The van der Waals surface area contributed by atoms with Gasteiger partial charge < -0.3 is 5.73 Å². The lowest BCUT2D eigenvalue weighted by Gasteiger charge is -2.06. The number of carbonyl (C=O) groups excluding carboxylic acids is 1. The average molecular weight is 264 g/mol.